The monoisotopic (exact) mass is 352 g/mol. The maximum Gasteiger partial charge on any atom is 0.239 e. The third-order valence-electron chi connectivity index (χ3n) is 4.28. The van der Waals surface area contributed by atoms with Gasteiger partial charge in [-0.1, -0.05) is 42.5 Å². The zero-order chi connectivity index (χ0) is 18.2. The summed E-state index contributed by atoms with van der Waals surface area (Å²) in [4.78, 5) is 23.2. The minimum atomic E-state index is -0.151. The predicted molar refractivity (Wildman–Crippen MR) is 99.7 cm³/mol. The summed E-state index contributed by atoms with van der Waals surface area (Å²) < 4.78 is 5.76. The molecule has 0 unspecified atom stereocenters. The normalized spacial score (nSPS) is 13.1. The van der Waals surface area contributed by atoms with Crippen LogP contribution in [0.3, 0.4) is 0 Å². The highest BCUT2D eigenvalue weighted by Crippen LogP contribution is 2.28. The Hall–Kier alpha value is -2.82. The summed E-state index contributed by atoms with van der Waals surface area (Å²) in [6, 6.07) is 17.9. The van der Waals surface area contributed by atoms with E-state index in [1.807, 2.05) is 54.6 Å². The molecule has 136 valence electrons. The number of rotatable bonds is 9. The van der Waals surface area contributed by atoms with Crippen LogP contribution in [-0.2, 0) is 22.6 Å². The van der Waals surface area contributed by atoms with Crippen molar-refractivity contribution in [2.24, 2.45) is 5.92 Å². The number of hydrogen-bond donors (Lipinski definition) is 2. The van der Waals surface area contributed by atoms with Crippen molar-refractivity contribution in [1.29, 1.82) is 0 Å². The molecule has 5 nitrogen and oxygen atoms in total. The summed E-state index contributed by atoms with van der Waals surface area (Å²) >= 11 is 0. The van der Waals surface area contributed by atoms with Crippen molar-refractivity contribution in [3.63, 3.8) is 0 Å². The number of carbonyl (C=O) groups excluding carboxylic acids is 2. The molecular weight excluding hydrogens is 328 g/mol. The summed E-state index contributed by atoms with van der Waals surface area (Å²) in [5.41, 5.74) is 2.26. The zero-order valence-corrected chi connectivity index (χ0v) is 14.7. The molecule has 2 aromatic carbocycles. The van der Waals surface area contributed by atoms with Gasteiger partial charge in [0.15, 0.2) is 0 Å². The minimum absolute atomic E-state index is 0.00811. The third-order valence-corrected chi connectivity index (χ3v) is 4.28. The second kappa shape index (κ2) is 9.04. The Bertz CT molecular complexity index is 725. The van der Waals surface area contributed by atoms with Crippen LogP contribution in [0.2, 0.25) is 0 Å². The molecule has 0 saturated heterocycles. The van der Waals surface area contributed by atoms with Gasteiger partial charge in [-0.05, 0) is 42.5 Å². The van der Waals surface area contributed by atoms with Crippen molar-refractivity contribution in [2.45, 2.75) is 25.9 Å². The van der Waals surface area contributed by atoms with Crippen LogP contribution >= 0.6 is 0 Å². The molecule has 0 aromatic heterocycles. The first-order valence-electron chi connectivity index (χ1n) is 9.01. The van der Waals surface area contributed by atoms with Crippen LogP contribution in [0.5, 0.6) is 5.75 Å². The van der Waals surface area contributed by atoms with Crippen molar-refractivity contribution >= 4 is 11.8 Å². The topological polar surface area (TPSA) is 67.4 Å². The van der Waals surface area contributed by atoms with Crippen LogP contribution in [0, 0.1) is 5.92 Å². The summed E-state index contributed by atoms with van der Waals surface area (Å²) in [6.45, 7) is 1.15. The molecule has 1 aliphatic carbocycles. The van der Waals surface area contributed by atoms with E-state index >= 15 is 0 Å². The Morgan fingerprint density at radius 3 is 2.35 bits per heavy atom. The highest BCUT2D eigenvalue weighted by Gasteiger charge is 2.29. The first-order chi connectivity index (χ1) is 12.7. The Morgan fingerprint density at radius 2 is 1.65 bits per heavy atom. The van der Waals surface area contributed by atoms with Gasteiger partial charge in [0.2, 0.25) is 11.8 Å². The van der Waals surface area contributed by atoms with Gasteiger partial charge in [-0.15, -0.1) is 0 Å². The van der Waals surface area contributed by atoms with E-state index in [4.69, 9.17) is 4.74 Å². The molecule has 0 spiro atoms. The van der Waals surface area contributed by atoms with E-state index in [-0.39, 0.29) is 24.3 Å². The van der Waals surface area contributed by atoms with E-state index in [1.54, 1.807) is 0 Å². The lowest BCUT2D eigenvalue weighted by Gasteiger charge is -2.09. The van der Waals surface area contributed by atoms with Crippen molar-refractivity contribution < 1.29 is 14.3 Å². The molecule has 0 bridgehead atoms. The fourth-order valence-electron chi connectivity index (χ4n) is 2.56. The van der Waals surface area contributed by atoms with Crippen molar-refractivity contribution in [3.8, 4) is 5.75 Å². The average Bonchev–Trinajstić information content (AvgIpc) is 3.52. The van der Waals surface area contributed by atoms with Crippen LogP contribution < -0.4 is 15.4 Å². The number of amides is 2. The van der Waals surface area contributed by atoms with Gasteiger partial charge in [0, 0.05) is 12.5 Å². The van der Waals surface area contributed by atoms with Crippen molar-refractivity contribution in [2.75, 3.05) is 13.1 Å². The van der Waals surface area contributed by atoms with E-state index in [1.165, 1.54) is 0 Å². The van der Waals surface area contributed by atoms with Crippen LogP contribution in [0.25, 0.3) is 0 Å². The Balaban J connectivity index is 1.33. The van der Waals surface area contributed by atoms with Crippen LogP contribution in [-0.4, -0.2) is 24.9 Å². The lowest BCUT2D eigenvalue weighted by Crippen LogP contribution is -2.38. The summed E-state index contributed by atoms with van der Waals surface area (Å²) in [7, 11) is 0. The molecule has 0 heterocycles. The summed E-state index contributed by atoms with van der Waals surface area (Å²) in [6.07, 6.45) is 2.62. The molecule has 2 amide bonds. The maximum atomic E-state index is 11.7. The molecule has 3 rings (SSSR count). The molecule has 0 atom stereocenters. The maximum absolute atomic E-state index is 11.7. The Kier molecular flexibility index (Phi) is 6.25. The lowest BCUT2D eigenvalue weighted by molar-refractivity contribution is -0.126. The van der Waals surface area contributed by atoms with Gasteiger partial charge >= 0.3 is 0 Å². The van der Waals surface area contributed by atoms with E-state index in [9.17, 15) is 9.59 Å². The number of ether oxygens (including phenoxy) is 1. The van der Waals surface area contributed by atoms with E-state index < -0.39 is 0 Å². The number of nitrogens with one attached hydrogen (secondary N) is 2. The van der Waals surface area contributed by atoms with Gasteiger partial charge in [0.1, 0.15) is 12.4 Å². The molecule has 1 saturated carbocycles. The van der Waals surface area contributed by atoms with Gasteiger partial charge in [-0.25, -0.2) is 0 Å². The predicted octanol–water partition coefficient (Wildman–Crippen LogP) is 2.45. The molecule has 0 aliphatic heterocycles. The SMILES string of the molecule is O=C(CNC(=O)C1CC1)NCCc1ccc(OCc2ccccc2)cc1. The van der Waals surface area contributed by atoms with Gasteiger partial charge in [0.05, 0.1) is 6.54 Å². The Labute approximate surface area is 153 Å². The van der Waals surface area contributed by atoms with Gasteiger partial charge in [-0.2, -0.15) is 0 Å². The molecule has 0 radical (unpaired) electrons. The standard InChI is InChI=1S/C21H24N2O3/c24-20(14-23-21(25)18-8-9-18)22-13-12-16-6-10-19(11-7-16)26-15-17-4-2-1-3-5-17/h1-7,10-11,18H,8-9,12-15H2,(H,22,24)(H,23,25). The fraction of sp³-hybridized carbons (Fsp3) is 0.333. The minimum Gasteiger partial charge on any atom is -0.489 e. The zero-order valence-electron chi connectivity index (χ0n) is 14.7. The first kappa shape index (κ1) is 18.0. The largest absolute Gasteiger partial charge is 0.489 e. The van der Waals surface area contributed by atoms with Crippen molar-refractivity contribution in [3.05, 3.63) is 65.7 Å². The highest BCUT2D eigenvalue weighted by atomic mass is 16.5. The molecular formula is C21H24N2O3. The molecule has 2 aromatic rings. The van der Waals surface area contributed by atoms with Crippen LogP contribution in [0.1, 0.15) is 24.0 Å². The van der Waals surface area contributed by atoms with E-state index in [0.29, 0.717) is 13.2 Å². The molecule has 26 heavy (non-hydrogen) atoms. The summed E-state index contributed by atoms with van der Waals surface area (Å²) in [5, 5.41) is 5.48. The van der Waals surface area contributed by atoms with Gasteiger partial charge in [0.25, 0.3) is 0 Å². The van der Waals surface area contributed by atoms with E-state index in [0.717, 1.165) is 36.1 Å². The summed E-state index contributed by atoms with van der Waals surface area (Å²) in [5.74, 6) is 0.794. The van der Waals surface area contributed by atoms with Gasteiger partial charge < -0.3 is 15.4 Å². The molecule has 5 heteroatoms. The second-order valence-electron chi connectivity index (χ2n) is 6.51. The third kappa shape index (κ3) is 5.92. The second-order valence-corrected chi connectivity index (χ2v) is 6.51. The van der Waals surface area contributed by atoms with Gasteiger partial charge in [-0.3, -0.25) is 9.59 Å². The number of benzene rings is 2. The highest BCUT2D eigenvalue weighted by molar-refractivity contribution is 5.86. The molecule has 2 N–H and O–H groups in total. The molecule has 1 aliphatic rings. The first-order valence-corrected chi connectivity index (χ1v) is 9.01. The van der Waals surface area contributed by atoms with Crippen LogP contribution in [0.4, 0.5) is 0 Å². The smallest absolute Gasteiger partial charge is 0.239 e. The fourth-order valence-corrected chi connectivity index (χ4v) is 2.56. The van der Waals surface area contributed by atoms with Crippen molar-refractivity contribution in [1.82, 2.24) is 10.6 Å². The van der Waals surface area contributed by atoms with E-state index in [2.05, 4.69) is 10.6 Å². The van der Waals surface area contributed by atoms with Crippen LogP contribution in [0.15, 0.2) is 54.6 Å². The lowest BCUT2D eigenvalue weighted by atomic mass is 10.1. The quantitative estimate of drug-likeness (QED) is 0.728. The number of carbonyl (C=O) groups is 2. The molecule has 1 fully saturated rings. The average molecular weight is 352 g/mol. The number of hydrogen-bond acceptors (Lipinski definition) is 3. The Morgan fingerprint density at radius 1 is 0.923 bits per heavy atom.